The van der Waals surface area contributed by atoms with Crippen LogP contribution < -0.4 is 4.74 Å². The molecule has 0 heterocycles. The van der Waals surface area contributed by atoms with E-state index < -0.39 is 7.60 Å². The van der Waals surface area contributed by atoms with Gasteiger partial charge in [0.15, 0.2) is 0 Å². The van der Waals surface area contributed by atoms with Gasteiger partial charge < -0.3 is 13.8 Å². The Morgan fingerprint density at radius 3 is 2.40 bits per heavy atom. The Morgan fingerprint density at radius 1 is 1.25 bits per heavy atom. The zero-order chi connectivity index (χ0) is 15.0. The van der Waals surface area contributed by atoms with Gasteiger partial charge in [0, 0.05) is 5.56 Å². The summed E-state index contributed by atoms with van der Waals surface area (Å²) < 4.78 is 28.5. The molecule has 0 aromatic heterocycles. The highest BCUT2D eigenvalue weighted by Gasteiger charge is 2.25. The van der Waals surface area contributed by atoms with Gasteiger partial charge >= 0.3 is 7.60 Å². The number of hydrogen-bond acceptors (Lipinski definition) is 4. The maximum absolute atomic E-state index is 12.5. The van der Waals surface area contributed by atoms with E-state index in [0.717, 1.165) is 24.2 Å². The number of ether oxygens (including phenoxy) is 1. The molecule has 0 spiro atoms. The summed E-state index contributed by atoms with van der Waals surface area (Å²) in [7, 11) is -1.50. The molecule has 0 aliphatic carbocycles. The summed E-state index contributed by atoms with van der Waals surface area (Å²) in [6, 6.07) is 7.25. The molecule has 1 unspecified atom stereocenters. The molecule has 0 amide bonds. The molecule has 0 fully saturated rings. The van der Waals surface area contributed by atoms with Gasteiger partial charge in [0.25, 0.3) is 0 Å². The summed E-state index contributed by atoms with van der Waals surface area (Å²) >= 11 is 0. The van der Waals surface area contributed by atoms with E-state index in [1.165, 1.54) is 0 Å². The van der Waals surface area contributed by atoms with E-state index in [1.54, 1.807) is 14.0 Å². The van der Waals surface area contributed by atoms with E-state index in [1.807, 2.05) is 31.2 Å². The maximum Gasteiger partial charge on any atom is 0.379 e. The Hall–Kier alpha value is -1.25. The SMILES string of the molecule is C=C(OP(=O)(CCCC)OCC)c1ccc(OC)cc1. The molecule has 0 aliphatic heterocycles. The van der Waals surface area contributed by atoms with Crippen LogP contribution in [-0.2, 0) is 13.6 Å². The zero-order valence-corrected chi connectivity index (χ0v) is 13.3. The van der Waals surface area contributed by atoms with E-state index in [4.69, 9.17) is 13.8 Å². The van der Waals surface area contributed by atoms with Gasteiger partial charge in [-0.3, -0.25) is 0 Å². The summed E-state index contributed by atoms with van der Waals surface area (Å²) in [6.45, 7) is 8.04. The first-order chi connectivity index (χ1) is 9.54. The van der Waals surface area contributed by atoms with Crippen LogP contribution >= 0.6 is 7.60 Å². The molecule has 0 radical (unpaired) electrons. The average Bonchev–Trinajstić information content (AvgIpc) is 2.45. The van der Waals surface area contributed by atoms with E-state index in [-0.39, 0.29) is 0 Å². The molecule has 1 rings (SSSR count). The minimum absolute atomic E-state index is 0.358. The van der Waals surface area contributed by atoms with Crippen molar-refractivity contribution in [2.45, 2.75) is 26.7 Å². The number of methoxy groups -OCH3 is 1. The Labute approximate surface area is 121 Å². The molecular formula is C15H23O4P. The fraction of sp³-hybridized carbons (Fsp3) is 0.467. The smallest absolute Gasteiger partial charge is 0.379 e. The third-order valence-electron chi connectivity index (χ3n) is 2.77. The molecule has 0 aliphatic rings. The highest BCUT2D eigenvalue weighted by molar-refractivity contribution is 7.54. The molecule has 4 nitrogen and oxygen atoms in total. The van der Waals surface area contributed by atoms with Crippen molar-refractivity contribution in [1.29, 1.82) is 0 Å². The van der Waals surface area contributed by atoms with Crippen LogP contribution in [0, 0.1) is 0 Å². The number of unbranched alkanes of at least 4 members (excludes halogenated alkanes) is 1. The topological polar surface area (TPSA) is 44.8 Å². The normalized spacial score (nSPS) is 13.6. The fourth-order valence-electron chi connectivity index (χ4n) is 1.68. The molecule has 0 N–H and O–H groups in total. The van der Waals surface area contributed by atoms with Crippen LogP contribution in [0.25, 0.3) is 5.76 Å². The average molecular weight is 298 g/mol. The van der Waals surface area contributed by atoms with Crippen LogP contribution in [-0.4, -0.2) is 19.9 Å². The summed E-state index contributed by atoms with van der Waals surface area (Å²) in [5.74, 6) is 1.11. The summed E-state index contributed by atoms with van der Waals surface area (Å²) in [5.41, 5.74) is 0.766. The van der Waals surface area contributed by atoms with Gasteiger partial charge in [-0.05, 0) is 37.6 Å². The minimum Gasteiger partial charge on any atom is -0.497 e. The number of rotatable bonds is 9. The zero-order valence-electron chi connectivity index (χ0n) is 12.4. The lowest BCUT2D eigenvalue weighted by Crippen LogP contribution is -2.00. The monoisotopic (exact) mass is 298 g/mol. The first-order valence-corrected chi connectivity index (χ1v) is 8.54. The van der Waals surface area contributed by atoms with Crippen molar-refractivity contribution in [2.75, 3.05) is 19.9 Å². The molecule has 0 saturated carbocycles. The number of hydrogen-bond donors (Lipinski definition) is 0. The summed E-state index contributed by atoms with van der Waals surface area (Å²) in [6.07, 6.45) is 2.15. The van der Waals surface area contributed by atoms with E-state index in [9.17, 15) is 4.57 Å². The van der Waals surface area contributed by atoms with Crippen LogP contribution in [0.1, 0.15) is 32.3 Å². The second-order valence-corrected chi connectivity index (χ2v) is 6.46. The predicted octanol–water partition coefficient (Wildman–Crippen LogP) is 4.71. The maximum atomic E-state index is 12.5. The molecule has 5 heteroatoms. The highest BCUT2D eigenvalue weighted by Crippen LogP contribution is 2.52. The molecular weight excluding hydrogens is 275 g/mol. The van der Waals surface area contributed by atoms with Gasteiger partial charge in [-0.2, -0.15) is 0 Å². The molecule has 0 saturated heterocycles. The van der Waals surface area contributed by atoms with E-state index >= 15 is 0 Å². The van der Waals surface area contributed by atoms with Crippen molar-refractivity contribution < 1.29 is 18.3 Å². The van der Waals surface area contributed by atoms with Crippen molar-refractivity contribution >= 4 is 13.4 Å². The number of benzene rings is 1. The van der Waals surface area contributed by atoms with Crippen molar-refractivity contribution in [3.05, 3.63) is 36.4 Å². The summed E-state index contributed by atoms with van der Waals surface area (Å²) in [4.78, 5) is 0. The lowest BCUT2D eigenvalue weighted by Gasteiger charge is -2.20. The fourth-order valence-corrected chi connectivity index (χ4v) is 3.49. The van der Waals surface area contributed by atoms with Crippen LogP contribution in [0.5, 0.6) is 5.75 Å². The van der Waals surface area contributed by atoms with Gasteiger partial charge in [-0.15, -0.1) is 0 Å². The van der Waals surface area contributed by atoms with Crippen molar-refractivity contribution in [1.82, 2.24) is 0 Å². The summed E-state index contributed by atoms with van der Waals surface area (Å²) in [5, 5.41) is 0. The Bertz CT molecular complexity index is 467. The van der Waals surface area contributed by atoms with Gasteiger partial charge in [0.2, 0.25) is 0 Å². The van der Waals surface area contributed by atoms with Crippen molar-refractivity contribution in [3.63, 3.8) is 0 Å². The Kier molecular flexibility index (Phi) is 6.83. The van der Waals surface area contributed by atoms with Gasteiger partial charge in [-0.1, -0.05) is 19.9 Å². The highest BCUT2D eigenvalue weighted by atomic mass is 31.2. The quantitative estimate of drug-likeness (QED) is 0.489. The second kappa shape index (κ2) is 8.13. The predicted molar refractivity (Wildman–Crippen MR) is 82.1 cm³/mol. The van der Waals surface area contributed by atoms with Crippen molar-refractivity contribution in [3.8, 4) is 5.75 Å². The van der Waals surface area contributed by atoms with Crippen LogP contribution in [0.3, 0.4) is 0 Å². The molecule has 112 valence electrons. The van der Waals surface area contributed by atoms with E-state index in [0.29, 0.717) is 18.5 Å². The third-order valence-corrected chi connectivity index (χ3v) is 4.79. The molecule has 1 atom stereocenters. The van der Waals surface area contributed by atoms with Crippen LogP contribution in [0.4, 0.5) is 0 Å². The lowest BCUT2D eigenvalue weighted by molar-refractivity contribution is 0.269. The van der Waals surface area contributed by atoms with Crippen molar-refractivity contribution in [2.24, 2.45) is 0 Å². The molecule has 0 bridgehead atoms. The Morgan fingerprint density at radius 2 is 1.90 bits per heavy atom. The minimum atomic E-state index is -3.11. The molecule has 1 aromatic rings. The Balaban J connectivity index is 2.76. The molecule has 20 heavy (non-hydrogen) atoms. The van der Waals surface area contributed by atoms with Gasteiger partial charge in [-0.25, -0.2) is 4.57 Å². The van der Waals surface area contributed by atoms with Crippen LogP contribution in [0.15, 0.2) is 30.8 Å². The second-order valence-electron chi connectivity index (χ2n) is 4.35. The standard InChI is InChI=1S/C15H23O4P/c1-5-7-12-20(16,18-6-2)19-13(3)14-8-10-15(17-4)11-9-14/h8-11H,3,5-7,12H2,1-2,4H3. The van der Waals surface area contributed by atoms with Gasteiger partial charge in [0.1, 0.15) is 11.5 Å². The van der Waals surface area contributed by atoms with Crippen LogP contribution in [0.2, 0.25) is 0 Å². The largest absolute Gasteiger partial charge is 0.497 e. The van der Waals surface area contributed by atoms with E-state index in [2.05, 4.69) is 6.58 Å². The third kappa shape index (κ3) is 5.03. The first kappa shape index (κ1) is 16.8. The van der Waals surface area contributed by atoms with Gasteiger partial charge in [0.05, 0.1) is 19.9 Å². The first-order valence-electron chi connectivity index (χ1n) is 6.81. The molecule has 1 aromatic carbocycles. The lowest BCUT2D eigenvalue weighted by atomic mass is 10.2.